The van der Waals surface area contributed by atoms with Crippen LogP contribution in [0.3, 0.4) is 0 Å². The van der Waals surface area contributed by atoms with Gasteiger partial charge >= 0.3 is 0 Å². The Morgan fingerprint density at radius 2 is 2.24 bits per heavy atom. The van der Waals surface area contributed by atoms with Crippen LogP contribution < -0.4 is 5.14 Å². The van der Waals surface area contributed by atoms with Gasteiger partial charge in [0, 0.05) is 0 Å². The molecule has 2 rings (SSSR count). The topological polar surface area (TPSA) is 43.1 Å². The van der Waals surface area contributed by atoms with Crippen LogP contribution in [-0.2, 0) is 17.4 Å². The van der Waals surface area contributed by atoms with E-state index in [9.17, 15) is 8.60 Å². The fraction of sp³-hybridized carbons (Fsp3) is 0.538. The maximum Gasteiger partial charge on any atom is 0.123 e. The van der Waals surface area contributed by atoms with Crippen LogP contribution in [0.4, 0.5) is 4.39 Å². The summed E-state index contributed by atoms with van der Waals surface area (Å²) in [5.41, 5.74) is 2.29. The first-order valence-electron chi connectivity index (χ1n) is 5.85. The van der Waals surface area contributed by atoms with Gasteiger partial charge in [0.05, 0.1) is 15.7 Å². The first-order valence-corrected chi connectivity index (χ1v) is 7.06. The Morgan fingerprint density at radius 3 is 2.88 bits per heavy atom. The molecule has 4 heteroatoms. The predicted molar refractivity (Wildman–Crippen MR) is 68.5 cm³/mol. The van der Waals surface area contributed by atoms with E-state index in [4.69, 9.17) is 5.14 Å². The van der Waals surface area contributed by atoms with Gasteiger partial charge in [-0.2, -0.15) is 0 Å². The summed E-state index contributed by atoms with van der Waals surface area (Å²) in [4.78, 5) is 0. The SMILES string of the molecule is CC(C)(C[C@H]1CCc2cc(F)ccc21)S(N)=O. The lowest BCUT2D eigenvalue weighted by atomic mass is 9.91. The number of hydrogen-bond donors (Lipinski definition) is 1. The first-order chi connectivity index (χ1) is 7.90. The Labute approximate surface area is 104 Å². The summed E-state index contributed by atoms with van der Waals surface area (Å²) in [6.07, 6.45) is 2.69. The fourth-order valence-electron chi connectivity index (χ4n) is 2.56. The number of nitrogens with two attached hydrogens (primary N) is 1. The van der Waals surface area contributed by atoms with Gasteiger partial charge in [-0.1, -0.05) is 6.07 Å². The van der Waals surface area contributed by atoms with Crippen LogP contribution in [-0.4, -0.2) is 8.96 Å². The van der Waals surface area contributed by atoms with E-state index < -0.39 is 11.0 Å². The molecule has 2 atom stereocenters. The zero-order chi connectivity index (χ0) is 12.6. The summed E-state index contributed by atoms with van der Waals surface area (Å²) < 4.78 is 24.1. The molecule has 1 aliphatic carbocycles. The minimum absolute atomic E-state index is 0.175. The summed E-state index contributed by atoms with van der Waals surface area (Å²) in [6, 6.07) is 4.98. The number of halogens is 1. The Balaban J connectivity index is 2.20. The van der Waals surface area contributed by atoms with Crippen LogP contribution >= 0.6 is 0 Å². The van der Waals surface area contributed by atoms with Gasteiger partial charge in [0.2, 0.25) is 0 Å². The van der Waals surface area contributed by atoms with E-state index in [2.05, 4.69) is 0 Å². The van der Waals surface area contributed by atoms with Crippen molar-refractivity contribution in [3.05, 3.63) is 35.1 Å². The second-order valence-corrected chi connectivity index (χ2v) is 7.04. The zero-order valence-corrected chi connectivity index (χ0v) is 11.0. The Hall–Kier alpha value is -0.740. The molecule has 2 N–H and O–H groups in total. The molecule has 0 bridgehead atoms. The normalized spacial score (nSPS) is 21.3. The van der Waals surface area contributed by atoms with Gasteiger partial charge in [-0.3, -0.25) is 5.14 Å². The molecule has 1 aromatic carbocycles. The smallest absolute Gasteiger partial charge is 0.123 e. The molecule has 17 heavy (non-hydrogen) atoms. The van der Waals surface area contributed by atoms with Crippen molar-refractivity contribution in [1.29, 1.82) is 0 Å². The summed E-state index contributed by atoms with van der Waals surface area (Å²) in [6.45, 7) is 3.84. The molecule has 0 amide bonds. The van der Waals surface area contributed by atoms with Crippen LogP contribution in [0.1, 0.15) is 43.7 Å². The molecule has 0 saturated carbocycles. The molecular formula is C13H18FNOS. The highest BCUT2D eigenvalue weighted by Crippen LogP contribution is 2.39. The average molecular weight is 255 g/mol. The molecule has 0 radical (unpaired) electrons. The lowest BCUT2D eigenvalue weighted by molar-refractivity contribution is 0.515. The van der Waals surface area contributed by atoms with E-state index in [-0.39, 0.29) is 10.6 Å². The van der Waals surface area contributed by atoms with Crippen molar-refractivity contribution < 1.29 is 8.60 Å². The molecule has 0 saturated heterocycles. The quantitative estimate of drug-likeness (QED) is 0.886. The second-order valence-electron chi connectivity index (χ2n) is 5.34. The highest BCUT2D eigenvalue weighted by Gasteiger charge is 2.32. The predicted octanol–water partition coefficient (Wildman–Crippen LogP) is 2.65. The monoisotopic (exact) mass is 255 g/mol. The minimum atomic E-state index is -1.33. The third-order valence-corrected chi connectivity index (χ3v) is 4.85. The van der Waals surface area contributed by atoms with Crippen LogP contribution in [0, 0.1) is 5.82 Å². The highest BCUT2D eigenvalue weighted by atomic mass is 32.2. The third kappa shape index (κ3) is 2.58. The van der Waals surface area contributed by atoms with Gasteiger partial charge in [0.1, 0.15) is 5.82 Å². The summed E-state index contributed by atoms with van der Waals surface area (Å²) in [5, 5.41) is 5.50. The van der Waals surface area contributed by atoms with E-state index >= 15 is 0 Å². The zero-order valence-electron chi connectivity index (χ0n) is 10.2. The van der Waals surface area contributed by atoms with Crippen molar-refractivity contribution in [3.63, 3.8) is 0 Å². The van der Waals surface area contributed by atoms with Crippen molar-refractivity contribution in [3.8, 4) is 0 Å². The number of rotatable bonds is 3. The third-order valence-electron chi connectivity index (χ3n) is 3.59. The van der Waals surface area contributed by atoms with E-state index in [0.29, 0.717) is 5.92 Å². The number of benzene rings is 1. The summed E-state index contributed by atoms with van der Waals surface area (Å²) in [7, 11) is -1.33. The first kappa shape index (κ1) is 12.7. The minimum Gasteiger partial charge on any atom is -0.251 e. The van der Waals surface area contributed by atoms with Crippen molar-refractivity contribution in [2.24, 2.45) is 5.14 Å². The van der Waals surface area contributed by atoms with Crippen LogP contribution in [0.2, 0.25) is 0 Å². The summed E-state index contributed by atoms with van der Waals surface area (Å²) >= 11 is 0. The fourth-order valence-corrected chi connectivity index (χ4v) is 2.93. The van der Waals surface area contributed by atoms with E-state index in [1.165, 1.54) is 11.6 Å². The standard InChI is InChI=1S/C13H18FNOS/c1-13(2,17(15)16)8-10-4-3-9-7-11(14)5-6-12(9)10/h5-7,10H,3-4,8,15H2,1-2H3/t10-,17?/m1/s1. The molecule has 0 spiro atoms. The second kappa shape index (κ2) is 4.50. The lowest BCUT2D eigenvalue weighted by Crippen LogP contribution is -2.33. The van der Waals surface area contributed by atoms with Gasteiger partial charge in [-0.25, -0.2) is 8.60 Å². The molecule has 1 unspecified atom stereocenters. The van der Waals surface area contributed by atoms with Crippen molar-refractivity contribution >= 4 is 11.0 Å². The molecule has 2 nitrogen and oxygen atoms in total. The van der Waals surface area contributed by atoms with E-state index in [1.54, 1.807) is 6.07 Å². The summed E-state index contributed by atoms with van der Waals surface area (Å²) in [5.74, 6) is 0.180. The Kier molecular flexibility index (Phi) is 3.36. The molecular weight excluding hydrogens is 237 g/mol. The van der Waals surface area contributed by atoms with Crippen molar-refractivity contribution in [2.75, 3.05) is 0 Å². The van der Waals surface area contributed by atoms with Gasteiger partial charge < -0.3 is 0 Å². The molecule has 94 valence electrons. The Morgan fingerprint density at radius 1 is 1.53 bits per heavy atom. The van der Waals surface area contributed by atoms with Crippen molar-refractivity contribution in [1.82, 2.24) is 0 Å². The maximum absolute atomic E-state index is 13.1. The number of aryl methyl sites for hydroxylation is 1. The lowest BCUT2D eigenvalue weighted by Gasteiger charge is -2.25. The number of fused-ring (bicyclic) bond motifs is 1. The van der Waals surface area contributed by atoms with Crippen LogP contribution in [0.5, 0.6) is 0 Å². The molecule has 0 heterocycles. The van der Waals surface area contributed by atoms with Gasteiger partial charge in [0.25, 0.3) is 0 Å². The molecule has 0 fully saturated rings. The van der Waals surface area contributed by atoms with Crippen molar-refractivity contribution in [2.45, 2.75) is 43.8 Å². The van der Waals surface area contributed by atoms with Crippen LogP contribution in [0.25, 0.3) is 0 Å². The van der Waals surface area contributed by atoms with E-state index in [0.717, 1.165) is 24.8 Å². The number of hydrogen-bond acceptors (Lipinski definition) is 1. The largest absolute Gasteiger partial charge is 0.251 e. The van der Waals surface area contributed by atoms with Gasteiger partial charge in [-0.15, -0.1) is 0 Å². The van der Waals surface area contributed by atoms with Gasteiger partial charge in [0.15, 0.2) is 0 Å². The molecule has 0 aliphatic heterocycles. The highest BCUT2D eigenvalue weighted by molar-refractivity contribution is 7.84. The molecule has 0 aromatic heterocycles. The Bertz CT molecular complexity index is 459. The average Bonchev–Trinajstić information content (AvgIpc) is 2.60. The maximum atomic E-state index is 13.1. The van der Waals surface area contributed by atoms with E-state index in [1.807, 2.05) is 19.9 Å². The van der Waals surface area contributed by atoms with Crippen LogP contribution in [0.15, 0.2) is 18.2 Å². The molecule has 1 aliphatic rings. The molecule has 1 aromatic rings. The van der Waals surface area contributed by atoms with Gasteiger partial charge in [-0.05, 0) is 62.3 Å².